The number of ether oxygens (including phenoxy) is 1. The predicted molar refractivity (Wildman–Crippen MR) is 94.8 cm³/mol. The third-order valence-electron chi connectivity index (χ3n) is 5.02. The number of nitrogens with zero attached hydrogens (tertiary/aromatic N) is 2. The highest BCUT2D eigenvalue weighted by Gasteiger charge is 2.31. The molecule has 0 bridgehead atoms. The van der Waals surface area contributed by atoms with E-state index in [0.29, 0.717) is 24.1 Å². The van der Waals surface area contributed by atoms with Crippen molar-refractivity contribution in [1.82, 2.24) is 9.21 Å². The highest BCUT2D eigenvalue weighted by molar-refractivity contribution is 7.89. The van der Waals surface area contributed by atoms with Crippen LogP contribution in [0.15, 0.2) is 17.0 Å². The number of aryl methyl sites for hydroxylation is 3. The molecule has 2 aliphatic rings. The fourth-order valence-corrected chi connectivity index (χ4v) is 5.77. The highest BCUT2D eigenvalue weighted by Crippen LogP contribution is 2.26. The van der Waals surface area contributed by atoms with Gasteiger partial charge < -0.3 is 4.74 Å². The summed E-state index contributed by atoms with van der Waals surface area (Å²) in [5.74, 6) is 0. The molecule has 0 saturated carbocycles. The number of hydrogen-bond donors (Lipinski definition) is 0. The van der Waals surface area contributed by atoms with Crippen LogP contribution in [0.5, 0.6) is 0 Å². The van der Waals surface area contributed by atoms with Crippen molar-refractivity contribution in [2.24, 2.45) is 0 Å². The number of piperazine rings is 1. The standard InChI is InChI=1S/C18H28N2O3S/c1-14-11-15(2)18(16(3)12-14)24(21,22)20-8-6-19(7-9-20)13-17-5-4-10-23-17/h11-12,17H,4-10,13H2,1-3H3/t17-/m1/s1. The van der Waals surface area contributed by atoms with Gasteiger partial charge in [0.15, 0.2) is 0 Å². The molecule has 1 atom stereocenters. The average molecular weight is 353 g/mol. The second-order valence-corrected chi connectivity index (χ2v) is 8.94. The van der Waals surface area contributed by atoms with Gasteiger partial charge in [-0.25, -0.2) is 8.42 Å². The van der Waals surface area contributed by atoms with Crippen molar-refractivity contribution in [2.45, 2.75) is 44.6 Å². The van der Waals surface area contributed by atoms with E-state index in [4.69, 9.17) is 4.74 Å². The van der Waals surface area contributed by atoms with Crippen molar-refractivity contribution in [3.63, 3.8) is 0 Å². The van der Waals surface area contributed by atoms with E-state index in [1.54, 1.807) is 4.31 Å². The molecule has 0 radical (unpaired) electrons. The lowest BCUT2D eigenvalue weighted by molar-refractivity contribution is 0.0617. The zero-order valence-corrected chi connectivity index (χ0v) is 15.7. The minimum Gasteiger partial charge on any atom is -0.377 e. The van der Waals surface area contributed by atoms with Crippen LogP contribution >= 0.6 is 0 Å². The molecule has 0 aromatic heterocycles. The fraction of sp³-hybridized carbons (Fsp3) is 0.667. The quantitative estimate of drug-likeness (QED) is 0.833. The van der Waals surface area contributed by atoms with Crippen LogP contribution in [-0.2, 0) is 14.8 Å². The fourth-order valence-electron chi connectivity index (χ4n) is 3.93. The number of sulfonamides is 1. The van der Waals surface area contributed by atoms with Gasteiger partial charge in [0.05, 0.1) is 11.0 Å². The molecule has 2 saturated heterocycles. The zero-order valence-electron chi connectivity index (χ0n) is 14.9. The van der Waals surface area contributed by atoms with Crippen LogP contribution in [0.1, 0.15) is 29.5 Å². The minimum atomic E-state index is -3.42. The van der Waals surface area contributed by atoms with Crippen molar-refractivity contribution < 1.29 is 13.2 Å². The lowest BCUT2D eigenvalue weighted by atomic mass is 10.1. The van der Waals surface area contributed by atoms with Crippen LogP contribution in [0.3, 0.4) is 0 Å². The van der Waals surface area contributed by atoms with E-state index in [-0.39, 0.29) is 0 Å². The maximum absolute atomic E-state index is 13.1. The molecular formula is C18H28N2O3S. The summed E-state index contributed by atoms with van der Waals surface area (Å²) in [6.45, 7) is 10.2. The van der Waals surface area contributed by atoms with E-state index in [9.17, 15) is 8.42 Å². The molecule has 2 heterocycles. The smallest absolute Gasteiger partial charge is 0.243 e. The third kappa shape index (κ3) is 3.67. The Morgan fingerprint density at radius 1 is 1.08 bits per heavy atom. The van der Waals surface area contributed by atoms with Gasteiger partial charge in [-0.15, -0.1) is 0 Å². The number of benzene rings is 1. The van der Waals surface area contributed by atoms with E-state index in [1.165, 1.54) is 0 Å². The summed E-state index contributed by atoms with van der Waals surface area (Å²) in [6.07, 6.45) is 2.60. The maximum atomic E-state index is 13.1. The van der Waals surface area contributed by atoms with Crippen LogP contribution in [0, 0.1) is 20.8 Å². The Balaban J connectivity index is 1.69. The zero-order chi connectivity index (χ0) is 17.3. The molecule has 0 unspecified atom stereocenters. The van der Waals surface area contributed by atoms with E-state index in [2.05, 4.69) is 4.90 Å². The van der Waals surface area contributed by atoms with Crippen LogP contribution in [0.4, 0.5) is 0 Å². The van der Waals surface area contributed by atoms with E-state index in [1.807, 2.05) is 32.9 Å². The van der Waals surface area contributed by atoms with Gasteiger partial charge >= 0.3 is 0 Å². The first-order chi connectivity index (χ1) is 11.4. The summed E-state index contributed by atoms with van der Waals surface area (Å²) in [5, 5.41) is 0. The Morgan fingerprint density at radius 2 is 1.71 bits per heavy atom. The van der Waals surface area contributed by atoms with Gasteiger partial charge in [0, 0.05) is 39.3 Å². The van der Waals surface area contributed by atoms with Gasteiger partial charge in [0.2, 0.25) is 10.0 Å². The van der Waals surface area contributed by atoms with Crippen molar-refractivity contribution in [2.75, 3.05) is 39.3 Å². The normalized spacial score (nSPS) is 23.7. The van der Waals surface area contributed by atoms with Crippen molar-refractivity contribution in [3.05, 3.63) is 28.8 Å². The maximum Gasteiger partial charge on any atom is 0.243 e. The molecule has 1 aromatic rings. The Labute approximate surface area is 145 Å². The average Bonchev–Trinajstić information content (AvgIpc) is 2.99. The lowest BCUT2D eigenvalue weighted by Gasteiger charge is -2.35. The molecule has 2 fully saturated rings. The number of rotatable bonds is 4. The molecule has 3 rings (SSSR count). The van der Waals surface area contributed by atoms with Gasteiger partial charge in [-0.3, -0.25) is 4.90 Å². The summed E-state index contributed by atoms with van der Waals surface area (Å²) in [7, 11) is -3.42. The second-order valence-electron chi connectivity index (χ2n) is 7.07. The molecule has 0 spiro atoms. The summed E-state index contributed by atoms with van der Waals surface area (Å²) in [6, 6.07) is 3.90. The van der Waals surface area contributed by atoms with Gasteiger partial charge in [0.1, 0.15) is 0 Å². The molecule has 2 aliphatic heterocycles. The minimum absolute atomic E-state index is 0.328. The van der Waals surface area contributed by atoms with E-state index < -0.39 is 10.0 Å². The highest BCUT2D eigenvalue weighted by atomic mass is 32.2. The summed E-state index contributed by atoms with van der Waals surface area (Å²) >= 11 is 0. The molecule has 6 heteroatoms. The SMILES string of the molecule is Cc1cc(C)c(S(=O)(=O)N2CCN(C[C@H]3CCCO3)CC2)c(C)c1. The summed E-state index contributed by atoms with van der Waals surface area (Å²) in [5.41, 5.74) is 2.79. The van der Waals surface area contributed by atoms with Crippen LogP contribution in [0.2, 0.25) is 0 Å². The first-order valence-electron chi connectivity index (χ1n) is 8.80. The molecule has 0 amide bonds. The van der Waals surface area contributed by atoms with Crippen LogP contribution in [0.25, 0.3) is 0 Å². The molecule has 0 aliphatic carbocycles. The van der Waals surface area contributed by atoms with Crippen molar-refractivity contribution in [1.29, 1.82) is 0 Å². The van der Waals surface area contributed by atoms with E-state index >= 15 is 0 Å². The van der Waals surface area contributed by atoms with Crippen LogP contribution in [-0.4, -0.2) is 63.1 Å². The topological polar surface area (TPSA) is 49.9 Å². The predicted octanol–water partition coefficient (Wildman–Crippen LogP) is 2.10. The number of hydrogen-bond acceptors (Lipinski definition) is 4. The Bertz CT molecular complexity index is 665. The van der Waals surface area contributed by atoms with Crippen molar-refractivity contribution >= 4 is 10.0 Å². The molecule has 134 valence electrons. The van der Waals surface area contributed by atoms with E-state index in [0.717, 1.165) is 55.8 Å². The van der Waals surface area contributed by atoms with Gasteiger partial charge in [-0.05, 0) is 44.7 Å². The van der Waals surface area contributed by atoms with Gasteiger partial charge in [-0.2, -0.15) is 4.31 Å². The Kier molecular flexibility index (Phi) is 5.30. The first-order valence-corrected chi connectivity index (χ1v) is 10.2. The molecule has 1 aromatic carbocycles. The van der Waals surface area contributed by atoms with Crippen LogP contribution < -0.4 is 0 Å². The first kappa shape index (κ1) is 17.9. The monoisotopic (exact) mass is 352 g/mol. The lowest BCUT2D eigenvalue weighted by Crippen LogP contribution is -2.50. The Morgan fingerprint density at radius 3 is 2.25 bits per heavy atom. The Hall–Kier alpha value is -0.950. The van der Waals surface area contributed by atoms with Gasteiger partial charge in [0.25, 0.3) is 0 Å². The molecular weight excluding hydrogens is 324 g/mol. The molecule has 0 N–H and O–H groups in total. The van der Waals surface area contributed by atoms with Gasteiger partial charge in [-0.1, -0.05) is 17.7 Å². The second kappa shape index (κ2) is 7.12. The summed E-state index contributed by atoms with van der Waals surface area (Å²) < 4.78 is 33.5. The molecule has 5 nitrogen and oxygen atoms in total. The molecule has 24 heavy (non-hydrogen) atoms. The van der Waals surface area contributed by atoms with Crippen molar-refractivity contribution in [3.8, 4) is 0 Å². The summed E-state index contributed by atoms with van der Waals surface area (Å²) in [4.78, 5) is 2.82. The third-order valence-corrected chi connectivity index (χ3v) is 7.22. The largest absolute Gasteiger partial charge is 0.377 e.